The fourth-order valence-electron chi connectivity index (χ4n) is 6.92. The van der Waals surface area contributed by atoms with E-state index in [0.717, 1.165) is 36.4 Å². The number of carbonyl (C=O) groups is 5. The van der Waals surface area contributed by atoms with Crippen LogP contribution in [0.25, 0.3) is 0 Å². The minimum absolute atomic E-state index is 0.0111. The minimum atomic E-state index is -0.984. The Kier molecular flexibility index (Phi) is 7.51. The van der Waals surface area contributed by atoms with Crippen LogP contribution in [0.2, 0.25) is 0 Å². The standard InChI is InChI=1S/C35H33N5O6/c41-30-4-2-1-3-27(30)31(42)14-16-38-19-25-18-24(38)20-39(25)23-8-5-21(6-9-23)13-15-36-22-7-10-26-28(17-22)35(46)40(34(26)45)29-11-12-32(43)37-33(29)44/h1-10,14,16-17,24-25,29,36,41H,11-13,15,18-20H2,(H,37,43,44)/b16-14+/t24-,25-,29?/m1/s1. The highest BCUT2D eigenvalue weighted by Gasteiger charge is 2.45. The van der Waals surface area contributed by atoms with Gasteiger partial charge in [-0.05, 0) is 67.3 Å². The lowest BCUT2D eigenvalue weighted by molar-refractivity contribution is -0.136. The number of aromatic hydroxyl groups is 1. The molecule has 0 aromatic heterocycles. The summed E-state index contributed by atoms with van der Waals surface area (Å²) >= 11 is 0. The Labute approximate surface area is 265 Å². The molecule has 3 aromatic carbocycles. The van der Waals surface area contributed by atoms with E-state index >= 15 is 0 Å². The van der Waals surface area contributed by atoms with Gasteiger partial charge in [0.1, 0.15) is 11.8 Å². The van der Waals surface area contributed by atoms with Gasteiger partial charge in [0.05, 0.1) is 16.7 Å². The number of amides is 4. The molecule has 4 aliphatic heterocycles. The molecule has 3 fully saturated rings. The van der Waals surface area contributed by atoms with Crippen LogP contribution in [0, 0.1) is 0 Å². The van der Waals surface area contributed by atoms with Crippen molar-refractivity contribution in [3.05, 3.63) is 101 Å². The maximum Gasteiger partial charge on any atom is 0.262 e. The van der Waals surface area contributed by atoms with Crippen molar-refractivity contribution in [1.82, 2.24) is 15.1 Å². The summed E-state index contributed by atoms with van der Waals surface area (Å²) in [4.78, 5) is 68.0. The van der Waals surface area contributed by atoms with Gasteiger partial charge < -0.3 is 20.2 Å². The number of benzene rings is 3. The summed E-state index contributed by atoms with van der Waals surface area (Å²) < 4.78 is 0. The number of phenols is 1. The zero-order valence-corrected chi connectivity index (χ0v) is 25.0. The second-order valence-corrected chi connectivity index (χ2v) is 12.1. The number of allylic oxidation sites excluding steroid dienone is 1. The van der Waals surface area contributed by atoms with Gasteiger partial charge in [0.15, 0.2) is 5.78 Å². The predicted octanol–water partition coefficient (Wildman–Crippen LogP) is 3.11. The quantitative estimate of drug-likeness (QED) is 0.187. The Morgan fingerprint density at radius 3 is 2.46 bits per heavy atom. The van der Waals surface area contributed by atoms with Crippen LogP contribution in [-0.4, -0.2) is 82.1 Å². The first-order valence-corrected chi connectivity index (χ1v) is 15.5. The van der Waals surface area contributed by atoms with Gasteiger partial charge in [-0.2, -0.15) is 0 Å². The molecule has 3 aromatic rings. The number of phenolic OH excluding ortho intramolecular Hbond substituents is 1. The summed E-state index contributed by atoms with van der Waals surface area (Å²) in [6.07, 6.45) is 5.39. The van der Waals surface area contributed by atoms with Gasteiger partial charge in [-0.25, -0.2) is 0 Å². The molecule has 4 amide bonds. The van der Waals surface area contributed by atoms with Crippen LogP contribution in [0.5, 0.6) is 5.75 Å². The third-order valence-electron chi connectivity index (χ3n) is 9.32. The van der Waals surface area contributed by atoms with Crippen molar-refractivity contribution in [2.24, 2.45) is 0 Å². The van der Waals surface area contributed by atoms with Crippen molar-refractivity contribution in [1.29, 1.82) is 0 Å². The largest absolute Gasteiger partial charge is 0.507 e. The maximum atomic E-state index is 13.1. The molecule has 0 spiro atoms. The van der Waals surface area contributed by atoms with Gasteiger partial charge in [0.2, 0.25) is 11.8 Å². The van der Waals surface area contributed by atoms with E-state index in [1.165, 1.54) is 11.8 Å². The number of likely N-dealkylation sites (tertiary alicyclic amines) is 1. The Morgan fingerprint density at radius 2 is 1.72 bits per heavy atom. The number of nitrogens with one attached hydrogen (secondary N) is 2. The number of hydrogen-bond donors (Lipinski definition) is 3. The van der Waals surface area contributed by atoms with E-state index in [9.17, 15) is 29.1 Å². The number of ketones is 1. The molecular weight excluding hydrogens is 586 g/mol. The average molecular weight is 620 g/mol. The molecule has 0 aliphatic carbocycles. The fraction of sp³-hybridized carbons (Fsp3) is 0.286. The fourth-order valence-corrected chi connectivity index (χ4v) is 6.92. The third kappa shape index (κ3) is 5.38. The van der Waals surface area contributed by atoms with E-state index < -0.39 is 29.7 Å². The molecule has 11 heteroatoms. The molecule has 3 saturated heterocycles. The number of nitrogens with zero attached hydrogens (tertiary/aromatic N) is 3. The molecule has 46 heavy (non-hydrogen) atoms. The normalized spacial score (nSPS) is 22.2. The minimum Gasteiger partial charge on any atom is -0.507 e. The molecule has 11 nitrogen and oxygen atoms in total. The predicted molar refractivity (Wildman–Crippen MR) is 170 cm³/mol. The topological polar surface area (TPSA) is 139 Å². The molecule has 7 rings (SSSR count). The SMILES string of the molecule is O=C1CCC(N2C(=O)c3ccc(NCCc4ccc(N5C[C@H]6C[C@@H]5CN6/C=C/C(=O)c5ccccc5O)cc4)cc3C2=O)C(=O)N1. The Balaban J connectivity index is 0.909. The lowest BCUT2D eigenvalue weighted by Gasteiger charge is -2.35. The van der Waals surface area contributed by atoms with E-state index in [2.05, 4.69) is 44.7 Å². The van der Waals surface area contributed by atoms with Crippen molar-refractivity contribution in [2.45, 2.75) is 43.8 Å². The highest BCUT2D eigenvalue weighted by atomic mass is 16.3. The van der Waals surface area contributed by atoms with Gasteiger partial charge in [-0.1, -0.05) is 24.3 Å². The van der Waals surface area contributed by atoms with E-state index in [1.54, 1.807) is 42.5 Å². The average Bonchev–Trinajstić information content (AvgIpc) is 3.72. The summed E-state index contributed by atoms with van der Waals surface area (Å²) in [6, 6.07) is 19.8. The molecule has 4 aliphatic rings. The first kappa shape index (κ1) is 29.3. The monoisotopic (exact) mass is 619 g/mol. The number of piperidine rings is 1. The van der Waals surface area contributed by atoms with Gasteiger partial charge in [0, 0.05) is 61.8 Å². The van der Waals surface area contributed by atoms with Crippen molar-refractivity contribution in [3.8, 4) is 5.75 Å². The van der Waals surface area contributed by atoms with E-state index in [-0.39, 0.29) is 35.5 Å². The lowest BCUT2D eigenvalue weighted by Crippen LogP contribution is -2.54. The van der Waals surface area contributed by atoms with Crippen LogP contribution in [-0.2, 0) is 16.0 Å². The van der Waals surface area contributed by atoms with Gasteiger partial charge >= 0.3 is 0 Å². The van der Waals surface area contributed by atoms with Crippen LogP contribution >= 0.6 is 0 Å². The molecule has 0 radical (unpaired) electrons. The smallest absolute Gasteiger partial charge is 0.262 e. The second-order valence-electron chi connectivity index (χ2n) is 12.1. The molecular formula is C35H33N5O6. The molecule has 234 valence electrons. The number of carbonyl (C=O) groups excluding carboxylic acids is 5. The van der Waals surface area contributed by atoms with Crippen molar-refractivity contribution in [2.75, 3.05) is 29.9 Å². The number of anilines is 2. The molecule has 4 heterocycles. The van der Waals surface area contributed by atoms with Crippen LogP contribution < -0.4 is 15.5 Å². The van der Waals surface area contributed by atoms with E-state index in [0.29, 0.717) is 29.9 Å². The van der Waals surface area contributed by atoms with Crippen LogP contribution in [0.3, 0.4) is 0 Å². The van der Waals surface area contributed by atoms with Crippen molar-refractivity contribution in [3.63, 3.8) is 0 Å². The molecule has 3 N–H and O–H groups in total. The summed E-state index contributed by atoms with van der Waals surface area (Å²) in [5.41, 5.74) is 3.84. The van der Waals surface area contributed by atoms with Gasteiger partial charge in [0.25, 0.3) is 11.8 Å². The molecule has 0 saturated carbocycles. The summed E-state index contributed by atoms with van der Waals surface area (Å²) in [5, 5.41) is 15.5. The maximum absolute atomic E-state index is 13.1. The van der Waals surface area contributed by atoms with Crippen LogP contribution in [0.4, 0.5) is 11.4 Å². The number of rotatable bonds is 9. The zero-order chi connectivity index (χ0) is 31.9. The Morgan fingerprint density at radius 1 is 0.935 bits per heavy atom. The Hall–Kier alpha value is -5.45. The molecule has 1 unspecified atom stereocenters. The zero-order valence-electron chi connectivity index (χ0n) is 25.0. The van der Waals surface area contributed by atoms with Crippen LogP contribution in [0.1, 0.15) is 55.9 Å². The highest BCUT2D eigenvalue weighted by molar-refractivity contribution is 6.23. The van der Waals surface area contributed by atoms with Gasteiger partial charge in [-0.3, -0.25) is 34.2 Å². The number of hydrogen-bond acceptors (Lipinski definition) is 9. The number of fused-ring (bicyclic) bond motifs is 3. The van der Waals surface area contributed by atoms with Crippen molar-refractivity contribution < 1.29 is 29.1 Å². The molecule has 3 atom stereocenters. The summed E-state index contributed by atoms with van der Waals surface area (Å²) in [7, 11) is 0. The molecule has 2 bridgehead atoms. The number of piperazine rings is 1. The summed E-state index contributed by atoms with van der Waals surface area (Å²) in [6.45, 7) is 2.33. The first-order chi connectivity index (χ1) is 22.3. The lowest BCUT2D eigenvalue weighted by atomic mass is 10.0. The third-order valence-corrected chi connectivity index (χ3v) is 9.32. The number of para-hydroxylation sites is 1. The number of imide groups is 2. The van der Waals surface area contributed by atoms with E-state index in [4.69, 9.17) is 0 Å². The van der Waals surface area contributed by atoms with E-state index in [1.807, 2.05) is 6.20 Å². The van der Waals surface area contributed by atoms with Crippen LogP contribution in [0.15, 0.2) is 79.0 Å². The second kappa shape index (κ2) is 11.8. The Bertz CT molecular complexity index is 1790. The highest BCUT2D eigenvalue weighted by Crippen LogP contribution is 2.35. The van der Waals surface area contributed by atoms with Crippen molar-refractivity contribution >= 4 is 40.8 Å². The first-order valence-electron chi connectivity index (χ1n) is 15.5. The van der Waals surface area contributed by atoms with Gasteiger partial charge in [-0.15, -0.1) is 0 Å². The summed E-state index contributed by atoms with van der Waals surface area (Å²) in [5.74, 6) is -2.29.